The Hall–Kier alpha value is -1.59. The van der Waals surface area contributed by atoms with Crippen molar-refractivity contribution < 1.29 is 9.47 Å². The van der Waals surface area contributed by atoms with Gasteiger partial charge in [0.15, 0.2) is 5.96 Å². The standard InChI is InChI=1S/C15H25N3O2/c1-19-11-6-9-16-15(17-10-12-20-2)18-13-14-7-4-3-5-8-14/h3-5,7-8H,6,9-13H2,1-2H3,(H2,16,17,18). The van der Waals surface area contributed by atoms with Crippen molar-refractivity contribution in [1.29, 1.82) is 0 Å². The summed E-state index contributed by atoms with van der Waals surface area (Å²) >= 11 is 0. The molecule has 1 aromatic rings. The summed E-state index contributed by atoms with van der Waals surface area (Å²) in [7, 11) is 3.40. The van der Waals surface area contributed by atoms with Crippen LogP contribution in [-0.2, 0) is 16.0 Å². The highest BCUT2D eigenvalue weighted by Gasteiger charge is 1.98. The summed E-state index contributed by atoms with van der Waals surface area (Å²) in [5, 5.41) is 6.53. The van der Waals surface area contributed by atoms with E-state index in [4.69, 9.17) is 9.47 Å². The third-order valence-electron chi connectivity index (χ3n) is 2.68. The molecule has 2 N–H and O–H groups in total. The van der Waals surface area contributed by atoms with Gasteiger partial charge in [0.25, 0.3) is 0 Å². The molecule has 0 radical (unpaired) electrons. The van der Waals surface area contributed by atoms with Crippen LogP contribution >= 0.6 is 0 Å². The van der Waals surface area contributed by atoms with Gasteiger partial charge in [-0.15, -0.1) is 0 Å². The number of aliphatic imine (C=N–C) groups is 1. The second kappa shape index (κ2) is 11.3. The van der Waals surface area contributed by atoms with Crippen molar-refractivity contribution in [2.45, 2.75) is 13.0 Å². The zero-order valence-corrected chi connectivity index (χ0v) is 12.4. The lowest BCUT2D eigenvalue weighted by Crippen LogP contribution is -2.39. The van der Waals surface area contributed by atoms with Crippen LogP contribution in [0.15, 0.2) is 35.3 Å². The lowest BCUT2D eigenvalue weighted by Gasteiger charge is -2.12. The van der Waals surface area contributed by atoms with Gasteiger partial charge >= 0.3 is 0 Å². The molecule has 0 aliphatic carbocycles. The molecule has 0 fully saturated rings. The largest absolute Gasteiger partial charge is 0.385 e. The molecule has 0 spiro atoms. The lowest BCUT2D eigenvalue weighted by molar-refractivity contribution is 0.195. The van der Waals surface area contributed by atoms with Crippen molar-refractivity contribution in [2.24, 2.45) is 4.99 Å². The SMILES string of the molecule is COCCCNC(=NCc1ccccc1)NCCOC. The number of hydrogen-bond acceptors (Lipinski definition) is 3. The molecule has 0 aliphatic rings. The van der Waals surface area contributed by atoms with Gasteiger partial charge in [-0.3, -0.25) is 0 Å². The van der Waals surface area contributed by atoms with Crippen LogP contribution in [0.25, 0.3) is 0 Å². The molecule has 5 heteroatoms. The summed E-state index contributed by atoms with van der Waals surface area (Å²) in [6, 6.07) is 10.2. The summed E-state index contributed by atoms with van der Waals surface area (Å²) in [5.41, 5.74) is 1.19. The van der Waals surface area contributed by atoms with E-state index in [0.29, 0.717) is 13.2 Å². The van der Waals surface area contributed by atoms with E-state index in [9.17, 15) is 0 Å². The zero-order valence-electron chi connectivity index (χ0n) is 12.4. The number of benzene rings is 1. The van der Waals surface area contributed by atoms with Gasteiger partial charge in [-0.05, 0) is 12.0 Å². The van der Waals surface area contributed by atoms with E-state index >= 15 is 0 Å². The van der Waals surface area contributed by atoms with Crippen molar-refractivity contribution in [3.05, 3.63) is 35.9 Å². The lowest BCUT2D eigenvalue weighted by atomic mass is 10.2. The van der Waals surface area contributed by atoms with E-state index in [2.05, 4.69) is 27.8 Å². The molecule has 0 heterocycles. The van der Waals surface area contributed by atoms with E-state index < -0.39 is 0 Å². The van der Waals surface area contributed by atoms with Crippen molar-refractivity contribution in [3.63, 3.8) is 0 Å². The molecule has 0 saturated heterocycles. The number of nitrogens with zero attached hydrogens (tertiary/aromatic N) is 1. The van der Waals surface area contributed by atoms with Gasteiger partial charge in [0.05, 0.1) is 13.2 Å². The molecule has 0 aromatic heterocycles. The van der Waals surface area contributed by atoms with Crippen molar-refractivity contribution in [2.75, 3.05) is 40.5 Å². The Bertz CT molecular complexity index is 369. The Morgan fingerprint density at radius 1 is 1.00 bits per heavy atom. The number of rotatable bonds is 9. The van der Waals surface area contributed by atoms with E-state index in [1.807, 2.05) is 18.2 Å². The minimum atomic E-state index is 0.657. The van der Waals surface area contributed by atoms with Crippen LogP contribution in [0.1, 0.15) is 12.0 Å². The maximum absolute atomic E-state index is 5.03. The fourth-order valence-corrected chi connectivity index (χ4v) is 1.62. The topological polar surface area (TPSA) is 54.9 Å². The number of ether oxygens (including phenoxy) is 2. The molecular formula is C15H25N3O2. The number of guanidine groups is 1. The normalized spacial score (nSPS) is 11.4. The molecular weight excluding hydrogens is 254 g/mol. The predicted molar refractivity (Wildman–Crippen MR) is 82.0 cm³/mol. The van der Waals surface area contributed by atoms with Gasteiger partial charge in [-0.2, -0.15) is 0 Å². The second-order valence-corrected chi connectivity index (χ2v) is 4.34. The first-order valence-corrected chi connectivity index (χ1v) is 6.91. The van der Waals surface area contributed by atoms with Gasteiger partial charge in [0, 0.05) is 33.9 Å². The van der Waals surface area contributed by atoms with Gasteiger partial charge in [-0.1, -0.05) is 30.3 Å². The predicted octanol–water partition coefficient (Wildman–Crippen LogP) is 1.40. The van der Waals surface area contributed by atoms with Gasteiger partial charge < -0.3 is 20.1 Å². The number of methoxy groups -OCH3 is 2. The molecule has 0 atom stereocenters. The highest BCUT2D eigenvalue weighted by atomic mass is 16.5. The highest BCUT2D eigenvalue weighted by molar-refractivity contribution is 5.79. The fraction of sp³-hybridized carbons (Fsp3) is 0.533. The maximum Gasteiger partial charge on any atom is 0.191 e. The minimum Gasteiger partial charge on any atom is -0.385 e. The van der Waals surface area contributed by atoms with Crippen molar-refractivity contribution in [1.82, 2.24) is 10.6 Å². The van der Waals surface area contributed by atoms with E-state index in [1.54, 1.807) is 14.2 Å². The second-order valence-electron chi connectivity index (χ2n) is 4.34. The number of nitrogens with one attached hydrogen (secondary N) is 2. The average molecular weight is 279 g/mol. The van der Waals surface area contributed by atoms with Gasteiger partial charge in [0.1, 0.15) is 0 Å². The maximum atomic E-state index is 5.03. The molecule has 0 saturated carbocycles. The quantitative estimate of drug-likeness (QED) is 0.408. The first-order valence-electron chi connectivity index (χ1n) is 6.91. The first-order chi connectivity index (χ1) is 9.86. The molecule has 112 valence electrons. The van der Waals surface area contributed by atoms with Gasteiger partial charge in [0.2, 0.25) is 0 Å². The highest BCUT2D eigenvalue weighted by Crippen LogP contribution is 1.99. The summed E-state index contributed by atoms with van der Waals surface area (Å²) in [5.74, 6) is 0.807. The molecule has 0 aliphatic heterocycles. The Labute approximate surface area is 121 Å². The third-order valence-corrected chi connectivity index (χ3v) is 2.68. The molecule has 5 nitrogen and oxygen atoms in total. The van der Waals surface area contributed by atoms with Crippen LogP contribution in [0.3, 0.4) is 0 Å². The Morgan fingerprint density at radius 3 is 2.40 bits per heavy atom. The first kappa shape index (κ1) is 16.5. The van der Waals surface area contributed by atoms with Crippen LogP contribution in [0, 0.1) is 0 Å². The van der Waals surface area contributed by atoms with E-state index in [-0.39, 0.29) is 0 Å². The van der Waals surface area contributed by atoms with E-state index in [1.165, 1.54) is 5.56 Å². The summed E-state index contributed by atoms with van der Waals surface area (Å²) < 4.78 is 10.1. The van der Waals surface area contributed by atoms with Crippen LogP contribution in [0.5, 0.6) is 0 Å². The van der Waals surface area contributed by atoms with E-state index in [0.717, 1.165) is 32.1 Å². The molecule has 0 amide bonds. The van der Waals surface area contributed by atoms with Gasteiger partial charge in [-0.25, -0.2) is 4.99 Å². The van der Waals surface area contributed by atoms with Crippen LogP contribution in [0.2, 0.25) is 0 Å². The average Bonchev–Trinajstić information content (AvgIpc) is 2.49. The molecule has 1 aromatic carbocycles. The minimum absolute atomic E-state index is 0.657. The fourth-order valence-electron chi connectivity index (χ4n) is 1.62. The monoisotopic (exact) mass is 279 g/mol. The molecule has 0 bridgehead atoms. The molecule has 0 unspecified atom stereocenters. The smallest absolute Gasteiger partial charge is 0.191 e. The van der Waals surface area contributed by atoms with Crippen LogP contribution in [0.4, 0.5) is 0 Å². The molecule has 20 heavy (non-hydrogen) atoms. The number of hydrogen-bond donors (Lipinski definition) is 2. The Kier molecular flexibility index (Phi) is 9.26. The third kappa shape index (κ3) is 7.76. The summed E-state index contributed by atoms with van der Waals surface area (Å²) in [6.07, 6.45) is 0.951. The van der Waals surface area contributed by atoms with Crippen LogP contribution < -0.4 is 10.6 Å². The summed E-state index contributed by atoms with van der Waals surface area (Å²) in [4.78, 5) is 4.56. The van der Waals surface area contributed by atoms with Crippen LogP contribution in [-0.4, -0.2) is 46.5 Å². The van der Waals surface area contributed by atoms with Crippen molar-refractivity contribution >= 4 is 5.96 Å². The molecule has 1 rings (SSSR count). The zero-order chi connectivity index (χ0) is 14.5. The Balaban J connectivity index is 2.42. The van der Waals surface area contributed by atoms with Crippen molar-refractivity contribution in [3.8, 4) is 0 Å². The summed E-state index contributed by atoms with van der Waals surface area (Å²) in [6.45, 7) is 3.64. The Morgan fingerprint density at radius 2 is 1.70 bits per heavy atom.